The van der Waals surface area contributed by atoms with Crippen LogP contribution in [-0.4, -0.2) is 61.0 Å². The highest BCUT2D eigenvalue weighted by Gasteiger charge is 2.20. The lowest BCUT2D eigenvalue weighted by Crippen LogP contribution is -2.32. The first-order chi connectivity index (χ1) is 18.5. The number of allylic oxidation sites excluding steroid dienone is 1. The number of ether oxygens (including phenoxy) is 3. The van der Waals surface area contributed by atoms with Gasteiger partial charge in [0.2, 0.25) is 11.8 Å². The number of anilines is 1. The first-order valence-corrected chi connectivity index (χ1v) is 13.4. The molecule has 1 aromatic heterocycles. The van der Waals surface area contributed by atoms with E-state index in [2.05, 4.69) is 20.3 Å². The molecule has 1 aliphatic carbocycles. The summed E-state index contributed by atoms with van der Waals surface area (Å²) in [5.74, 6) is 1.55. The largest absolute Gasteiger partial charge is 0.487 e. The molecule has 1 atom stereocenters. The third-order valence-corrected chi connectivity index (χ3v) is 6.71. The number of halogens is 1. The summed E-state index contributed by atoms with van der Waals surface area (Å²) in [5.41, 5.74) is 13.8. The Morgan fingerprint density at radius 3 is 2.66 bits per heavy atom. The van der Waals surface area contributed by atoms with E-state index in [0.29, 0.717) is 60.7 Å². The van der Waals surface area contributed by atoms with E-state index < -0.39 is 0 Å². The lowest BCUT2D eigenvalue weighted by molar-refractivity contribution is -0.0616. The van der Waals surface area contributed by atoms with Crippen LogP contribution in [0, 0.1) is 5.92 Å². The molecule has 0 amide bonds. The summed E-state index contributed by atoms with van der Waals surface area (Å²) in [6.07, 6.45) is 12.1. The number of hydrogen-bond acceptors (Lipinski definition) is 9. The number of nitrogens with one attached hydrogen (secondary N) is 1. The van der Waals surface area contributed by atoms with Gasteiger partial charge in [-0.2, -0.15) is 0 Å². The average Bonchev–Trinajstić information content (AvgIpc) is 2.91. The van der Waals surface area contributed by atoms with E-state index in [-0.39, 0.29) is 12.0 Å². The molecule has 2 aliphatic rings. The fraction of sp³-hybridized carbons (Fsp3) is 0.481. The van der Waals surface area contributed by atoms with Gasteiger partial charge in [0, 0.05) is 23.9 Å². The molecule has 0 radical (unpaired) electrons. The molecule has 1 aromatic carbocycles. The zero-order valence-electron chi connectivity index (χ0n) is 21.7. The molecular weight excluding hydrogens is 506 g/mol. The molecule has 11 heteroatoms. The highest BCUT2D eigenvalue weighted by atomic mass is 35.5. The van der Waals surface area contributed by atoms with Crippen LogP contribution in [0.4, 0.5) is 5.95 Å². The number of hydrogen-bond donors (Lipinski definition) is 3. The van der Waals surface area contributed by atoms with Crippen LogP contribution in [-0.2, 0) is 9.47 Å². The van der Waals surface area contributed by atoms with Crippen LogP contribution < -0.4 is 21.5 Å². The topological polar surface area (TPSA) is 142 Å². The Labute approximate surface area is 228 Å². The summed E-state index contributed by atoms with van der Waals surface area (Å²) in [6.45, 7) is 4.20. The molecule has 204 valence electrons. The number of nitrogens with two attached hydrogens (primary N) is 2. The highest BCUT2D eigenvalue weighted by molar-refractivity contribution is 6.32. The average molecular weight is 542 g/mol. The van der Waals surface area contributed by atoms with Gasteiger partial charge in [0.05, 0.1) is 50.0 Å². The molecule has 0 bridgehead atoms. The molecule has 4 rings (SSSR count). The number of aromatic nitrogens is 2. The van der Waals surface area contributed by atoms with Crippen molar-refractivity contribution in [3.63, 3.8) is 0 Å². The van der Waals surface area contributed by atoms with Crippen molar-refractivity contribution in [1.29, 1.82) is 0 Å². The zero-order valence-corrected chi connectivity index (χ0v) is 22.4. The second-order valence-electron chi connectivity index (χ2n) is 9.57. The first kappa shape index (κ1) is 27.7. The Kier molecular flexibility index (Phi) is 10.2. The van der Waals surface area contributed by atoms with E-state index in [0.717, 1.165) is 24.0 Å². The van der Waals surface area contributed by atoms with Crippen LogP contribution in [0.2, 0.25) is 5.02 Å². The standard InChI is InChI=1S/C27H36ClN7O3/c1-18(10-31-17-29)38-25-9-20(7-8-23(25)28)21-11-33-27(34-12-21)35-24(13-32-22-5-3-2-4-6-22)26(30)37-16-19-14-36-15-19/h7-9,11-13,17-19,22H,2-6,10,14-16,30H2,1H3,(H2,29,31)(H,33,34,35)/b26-24-,32-13?/t18-/m0/s1. The maximum atomic E-state index is 6.34. The van der Waals surface area contributed by atoms with Gasteiger partial charge in [-0.15, -0.1) is 0 Å². The summed E-state index contributed by atoms with van der Waals surface area (Å²) >= 11 is 6.34. The molecule has 2 fully saturated rings. The van der Waals surface area contributed by atoms with Gasteiger partial charge >= 0.3 is 0 Å². The van der Waals surface area contributed by atoms with Crippen molar-refractivity contribution in [2.45, 2.75) is 51.2 Å². The van der Waals surface area contributed by atoms with Crippen molar-refractivity contribution >= 4 is 30.1 Å². The van der Waals surface area contributed by atoms with Crippen LogP contribution >= 0.6 is 11.6 Å². The number of nitrogens with zero attached hydrogens (tertiary/aromatic N) is 4. The first-order valence-electron chi connectivity index (χ1n) is 13.0. The molecule has 1 aliphatic heterocycles. The van der Waals surface area contributed by atoms with E-state index in [9.17, 15) is 0 Å². The normalized spacial score (nSPS) is 18.3. The van der Waals surface area contributed by atoms with Crippen LogP contribution in [0.1, 0.15) is 39.0 Å². The Balaban J connectivity index is 1.46. The van der Waals surface area contributed by atoms with Gasteiger partial charge in [-0.3, -0.25) is 9.98 Å². The van der Waals surface area contributed by atoms with Gasteiger partial charge in [-0.1, -0.05) is 36.9 Å². The van der Waals surface area contributed by atoms with E-state index in [1.807, 2.05) is 19.1 Å². The smallest absolute Gasteiger partial charge is 0.227 e. The van der Waals surface area contributed by atoms with Crippen LogP contribution in [0.3, 0.4) is 0 Å². The predicted molar refractivity (Wildman–Crippen MR) is 151 cm³/mol. The molecule has 1 saturated carbocycles. The lowest BCUT2D eigenvalue weighted by atomic mass is 9.96. The third-order valence-electron chi connectivity index (χ3n) is 6.40. The summed E-state index contributed by atoms with van der Waals surface area (Å²) in [7, 11) is 0. The molecule has 0 spiro atoms. The number of rotatable bonds is 12. The van der Waals surface area contributed by atoms with Crippen LogP contribution in [0.5, 0.6) is 5.75 Å². The maximum Gasteiger partial charge on any atom is 0.227 e. The van der Waals surface area contributed by atoms with Gasteiger partial charge < -0.3 is 31.0 Å². The molecule has 10 nitrogen and oxygen atoms in total. The van der Waals surface area contributed by atoms with Gasteiger partial charge in [-0.25, -0.2) is 9.97 Å². The maximum absolute atomic E-state index is 6.34. The molecule has 2 aromatic rings. The van der Waals surface area contributed by atoms with Crippen molar-refractivity contribution in [2.75, 3.05) is 31.7 Å². The monoisotopic (exact) mass is 541 g/mol. The predicted octanol–water partition coefficient (Wildman–Crippen LogP) is 4.16. The second kappa shape index (κ2) is 14.0. The molecular formula is C27H36ClN7O3. The Bertz CT molecular complexity index is 1130. The minimum Gasteiger partial charge on any atom is -0.487 e. The summed E-state index contributed by atoms with van der Waals surface area (Å²) in [5, 5.41) is 3.69. The lowest BCUT2D eigenvalue weighted by Gasteiger charge is -2.26. The molecule has 1 saturated heterocycles. The molecule has 2 heterocycles. The van der Waals surface area contributed by atoms with Gasteiger partial charge in [0.15, 0.2) is 0 Å². The summed E-state index contributed by atoms with van der Waals surface area (Å²) < 4.78 is 17.0. The van der Waals surface area contributed by atoms with E-state index in [1.54, 1.807) is 24.7 Å². The molecule has 0 unspecified atom stereocenters. The third kappa shape index (κ3) is 8.06. The Morgan fingerprint density at radius 2 is 1.97 bits per heavy atom. The minimum atomic E-state index is -0.185. The number of benzene rings is 1. The van der Waals surface area contributed by atoms with Gasteiger partial charge in [-0.05, 0) is 37.5 Å². The second-order valence-corrected chi connectivity index (χ2v) is 9.98. The molecule has 5 N–H and O–H groups in total. The highest BCUT2D eigenvalue weighted by Crippen LogP contribution is 2.31. The van der Waals surface area contributed by atoms with Crippen molar-refractivity contribution in [1.82, 2.24) is 9.97 Å². The van der Waals surface area contributed by atoms with Crippen molar-refractivity contribution in [3.05, 3.63) is 47.2 Å². The van der Waals surface area contributed by atoms with Crippen LogP contribution in [0.25, 0.3) is 11.1 Å². The Hall–Kier alpha value is -3.37. The van der Waals surface area contributed by atoms with E-state index in [1.165, 1.54) is 25.6 Å². The zero-order chi connectivity index (χ0) is 26.7. The van der Waals surface area contributed by atoms with Crippen molar-refractivity contribution in [3.8, 4) is 16.9 Å². The van der Waals surface area contributed by atoms with Crippen molar-refractivity contribution in [2.24, 2.45) is 27.4 Å². The van der Waals surface area contributed by atoms with E-state index in [4.69, 9.17) is 42.3 Å². The SMILES string of the molecule is C[C@@H](CN=CN)Oc1cc(-c2cnc(N/C(C=NC3CCCCC3)=C(/N)OCC3COC3)nc2)ccc1Cl. The fourth-order valence-electron chi connectivity index (χ4n) is 4.13. The summed E-state index contributed by atoms with van der Waals surface area (Å²) in [4.78, 5) is 17.8. The quantitative estimate of drug-likeness (QED) is 0.206. The Morgan fingerprint density at radius 1 is 1.21 bits per heavy atom. The van der Waals surface area contributed by atoms with Gasteiger partial charge in [0.25, 0.3) is 0 Å². The molecule has 38 heavy (non-hydrogen) atoms. The minimum absolute atomic E-state index is 0.185. The summed E-state index contributed by atoms with van der Waals surface area (Å²) in [6, 6.07) is 5.82. The van der Waals surface area contributed by atoms with Gasteiger partial charge in [0.1, 0.15) is 17.6 Å². The number of aliphatic imine (C=N–C) groups is 2. The fourth-order valence-corrected chi connectivity index (χ4v) is 4.29. The van der Waals surface area contributed by atoms with E-state index >= 15 is 0 Å². The van der Waals surface area contributed by atoms with Crippen LogP contribution in [0.15, 0.2) is 52.2 Å². The van der Waals surface area contributed by atoms with Crippen molar-refractivity contribution < 1.29 is 14.2 Å².